The Morgan fingerprint density at radius 2 is 2.19 bits per heavy atom. The lowest BCUT2D eigenvalue weighted by atomic mass is 10.0. The minimum atomic E-state index is 0.283. The molecule has 1 aromatic carbocycles. The van der Waals surface area contributed by atoms with E-state index in [1.165, 1.54) is 18.4 Å². The van der Waals surface area contributed by atoms with Gasteiger partial charge in [0.25, 0.3) is 0 Å². The number of aliphatic hydroxyl groups excluding tert-OH is 1. The van der Waals surface area contributed by atoms with Gasteiger partial charge in [0, 0.05) is 13.2 Å². The third kappa shape index (κ3) is 2.47. The second kappa shape index (κ2) is 4.34. The van der Waals surface area contributed by atoms with Crippen molar-refractivity contribution >= 4 is 11.4 Å². The summed E-state index contributed by atoms with van der Waals surface area (Å²) in [6.07, 6.45) is 3.32. The Balaban J connectivity index is 1.97. The van der Waals surface area contributed by atoms with Gasteiger partial charge in [0.1, 0.15) is 0 Å². The van der Waals surface area contributed by atoms with Crippen LogP contribution in [0.2, 0.25) is 0 Å². The summed E-state index contributed by atoms with van der Waals surface area (Å²) in [6.45, 7) is 3.26. The minimum absolute atomic E-state index is 0.283. The van der Waals surface area contributed by atoms with Gasteiger partial charge in [0.05, 0.1) is 11.4 Å². The Morgan fingerprint density at radius 3 is 2.81 bits per heavy atom. The smallest absolute Gasteiger partial charge is 0.0576 e. The number of nitrogens with two attached hydrogens (primary N) is 1. The van der Waals surface area contributed by atoms with Gasteiger partial charge < -0.3 is 16.2 Å². The Kier molecular flexibility index (Phi) is 3.06. The van der Waals surface area contributed by atoms with E-state index in [0.29, 0.717) is 5.41 Å². The van der Waals surface area contributed by atoms with E-state index >= 15 is 0 Å². The zero-order valence-electron chi connectivity index (χ0n) is 9.79. The molecule has 0 saturated heterocycles. The van der Waals surface area contributed by atoms with Gasteiger partial charge in [-0.25, -0.2) is 0 Å². The average Bonchev–Trinajstić information content (AvgIpc) is 3.01. The normalized spacial score (nSPS) is 17.1. The SMILES string of the molecule is Cc1ccc(N)c(NCC2(CCO)CC2)c1. The van der Waals surface area contributed by atoms with Crippen LogP contribution in [0.15, 0.2) is 18.2 Å². The molecule has 0 aromatic heterocycles. The predicted molar refractivity (Wildman–Crippen MR) is 67.5 cm³/mol. The van der Waals surface area contributed by atoms with Crippen LogP contribution in [0.3, 0.4) is 0 Å². The van der Waals surface area contributed by atoms with Gasteiger partial charge in [-0.05, 0) is 49.3 Å². The molecule has 1 aliphatic carbocycles. The van der Waals surface area contributed by atoms with Gasteiger partial charge in [-0.1, -0.05) is 6.07 Å². The molecule has 1 aromatic rings. The van der Waals surface area contributed by atoms with Gasteiger partial charge in [0.15, 0.2) is 0 Å². The fourth-order valence-electron chi connectivity index (χ4n) is 2.04. The van der Waals surface area contributed by atoms with Gasteiger partial charge in [0.2, 0.25) is 0 Å². The van der Waals surface area contributed by atoms with Crippen LogP contribution in [0.25, 0.3) is 0 Å². The quantitative estimate of drug-likeness (QED) is 0.666. The van der Waals surface area contributed by atoms with Crippen LogP contribution in [0, 0.1) is 12.3 Å². The van der Waals surface area contributed by atoms with E-state index in [1.807, 2.05) is 12.1 Å². The van der Waals surface area contributed by atoms with E-state index in [0.717, 1.165) is 24.3 Å². The van der Waals surface area contributed by atoms with E-state index in [-0.39, 0.29) is 6.61 Å². The number of hydrogen-bond donors (Lipinski definition) is 3. The number of aliphatic hydroxyl groups is 1. The van der Waals surface area contributed by atoms with E-state index in [4.69, 9.17) is 10.8 Å². The van der Waals surface area contributed by atoms with E-state index in [2.05, 4.69) is 18.3 Å². The summed E-state index contributed by atoms with van der Waals surface area (Å²) in [5.74, 6) is 0. The first-order chi connectivity index (χ1) is 7.65. The number of nitrogens with one attached hydrogen (secondary N) is 1. The van der Waals surface area contributed by atoms with Crippen LogP contribution in [0.1, 0.15) is 24.8 Å². The maximum atomic E-state index is 8.99. The monoisotopic (exact) mass is 220 g/mol. The van der Waals surface area contributed by atoms with Crippen LogP contribution >= 0.6 is 0 Å². The molecule has 3 heteroatoms. The summed E-state index contributed by atoms with van der Waals surface area (Å²) in [6, 6.07) is 6.02. The first kappa shape index (κ1) is 11.3. The third-order valence-corrected chi connectivity index (χ3v) is 3.46. The number of anilines is 2. The molecule has 0 heterocycles. The standard InChI is InChI=1S/C13H20N2O/c1-10-2-3-11(14)12(8-10)15-9-13(4-5-13)6-7-16/h2-3,8,15-16H,4-7,9,14H2,1H3. The predicted octanol–water partition coefficient (Wildman–Crippen LogP) is 2.15. The highest BCUT2D eigenvalue weighted by molar-refractivity contribution is 5.67. The van der Waals surface area contributed by atoms with E-state index in [9.17, 15) is 0 Å². The lowest BCUT2D eigenvalue weighted by Gasteiger charge is -2.17. The summed E-state index contributed by atoms with van der Waals surface area (Å²) >= 11 is 0. The average molecular weight is 220 g/mol. The van der Waals surface area contributed by atoms with Crippen LogP contribution in [-0.2, 0) is 0 Å². The Hall–Kier alpha value is -1.22. The summed E-state index contributed by atoms with van der Waals surface area (Å²) in [5, 5.41) is 12.4. The number of hydrogen-bond acceptors (Lipinski definition) is 3. The van der Waals surface area contributed by atoms with Crippen molar-refractivity contribution in [3.05, 3.63) is 23.8 Å². The fraction of sp³-hybridized carbons (Fsp3) is 0.538. The molecule has 0 atom stereocenters. The number of aryl methyl sites for hydroxylation is 1. The fourth-order valence-corrected chi connectivity index (χ4v) is 2.04. The molecule has 0 radical (unpaired) electrons. The molecule has 4 N–H and O–H groups in total. The van der Waals surface area contributed by atoms with Crippen molar-refractivity contribution in [2.75, 3.05) is 24.2 Å². The zero-order valence-corrected chi connectivity index (χ0v) is 9.79. The maximum absolute atomic E-state index is 8.99. The molecule has 1 aliphatic rings. The Bertz CT molecular complexity index is 372. The molecule has 1 saturated carbocycles. The van der Waals surface area contributed by atoms with Gasteiger partial charge in [-0.15, -0.1) is 0 Å². The topological polar surface area (TPSA) is 58.3 Å². The molecule has 0 unspecified atom stereocenters. The highest BCUT2D eigenvalue weighted by Crippen LogP contribution is 2.48. The van der Waals surface area contributed by atoms with Crippen molar-refractivity contribution in [2.45, 2.75) is 26.2 Å². The minimum Gasteiger partial charge on any atom is -0.397 e. The van der Waals surface area contributed by atoms with Crippen LogP contribution in [-0.4, -0.2) is 18.3 Å². The summed E-state index contributed by atoms with van der Waals surface area (Å²) in [5.41, 5.74) is 9.25. The van der Waals surface area contributed by atoms with Crippen LogP contribution < -0.4 is 11.1 Å². The lowest BCUT2D eigenvalue weighted by molar-refractivity contribution is 0.253. The van der Waals surface area contributed by atoms with Crippen LogP contribution in [0.5, 0.6) is 0 Å². The third-order valence-electron chi connectivity index (χ3n) is 3.46. The number of nitrogen functional groups attached to an aromatic ring is 1. The lowest BCUT2D eigenvalue weighted by Crippen LogP contribution is -2.17. The highest BCUT2D eigenvalue weighted by atomic mass is 16.3. The number of rotatable bonds is 5. The largest absolute Gasteiger partial charge is 0.397 e. The molecule has 0 spiro atoms. The molecule has 1 fully saturated rings. The Labute approximate surface area is 96.7 Å². The Morgan fingerprint density at radius 1 is 1.44 bits per heavy atom. The molecule has 2 rings (SSSR count). The van der Waals surface area contributed by atoms with Crippen molar-refractivity contribution in [2.24, 2.45) is 5.41 Å². The first-order valence-electron chi connectivity index (χ1n) is 5.86. The second-order valence-corrected chi connectivity index (χ2v) is 4.92. The second-order valence-electron chi connectivity index (χ2n) is 4.92. The van der Waals surface area contributed by atoms with E-state index in [1.54, 1.807) is 0 Å². The molecule has 0 aliphatic heterocycles. The molecule has 0 bridgehead atoms. The van der Waals surface area contributed by atoms with Crippen molar-refractivity contribution in [3.63, 3.8) is 0 Å². The molecule has 0 amide bonds. The molecular weight excluding hydrogens is 200 g/mol. The van der Waals surface area contributed by atoms with Crippen molar-refractivity contribution in [1.82, 2.24) is 0 Å². The van der Waals surface area contributed by atoms with Gasteiger partial charge >= 0.3 is 0 Å². The highest BCUT2D eigenvalue weighted by Gasteiger charge is 2.41. The molecular formula is C13H20N2O. The molecule has 88 valence electrons. The number of benzene rings is 1. The summed E-state index contributed by atoms with van der Waals surface area (Å²) in [7, 11) is 0. The van der Waals surface area contributed by atoms with Crippen LogP contribution in [0.4, 0.5) is 11.4 Å². The zero-order chi connectivity index (χ0) is 11.6. The molecule has 3 nitrogen and oxygen atoms in total. The van der Waals surface area contributed by atoms with E-state index < -0.39 is 0 Å². The first-order valence-corrected chi connectivity index (χ1v) is 5.86. The van der Waals surface area contributed by atoms with Gasteiger partial charge in [-0.3, -0.25) is 0 Å². The van der Waals surface area contributed by atoms with Crippen molar-refractivity contribution < 1.29 is 5.11 Å². The summed E-state index contributed by atoms with van der Waals surface area (Å²) < 4.78 is 0. The van der Waals surface area contributed by atoms with Crippen molar-refractivity contribution in [1.29, 1.82) is 0 Å². The molecule has 16 heavy (non-hydrogen) atoms. The maximum Gasteiger partial charge on any atom is 0.0576 e. The van der Waals surface area contributed by atoms with Crippen molar-refractivity contribution in [3.8, 4) is 0 Å². The van der Waals surface area contributed by atoms with Gasteiger partial charge in [-0.2, -0.15) is 0 Å². The summed E-state index contributed by atoms with van der Waals surface area (Å²) in [4.78, 5) is 0.